The smallest absolute Gasteiger partial charge is 0.314 e. The molecule has 0 amide bonds. The molecule has 7 heteroatoms. The number of nitrogens with zero attached hydrogens (tertiary/aromatic N) is 3. The van der Waals surface area contributed by atoms with Crippen LogP contribution in [0.4, 0.5) is 0 Å². The van der Waals surface area contributed by atoms with E-state index in [9.17, 15) is 14.7 Å². The molecule has 4 rings (SSSR count). The van der Waals surface area contributed by atoms with E-state index >= 15 is 0 Å². The highest BCUT2D eigenvalue weighted by molar-refractivity contribution is 9.10. The maximum absolute atomic E-state index is 12.8. The fraction of sp³-hybridized carbons (Fsp3) is 0.304. The SMILES string of the molecule is Cn1c(CN2CCC(C(=O)O)(c3ccccc3)CC2)c(Br)c(=O)n1-c1ccccc1. The molecule has 1 N–H and O–H groups in total. The standard InChI is InChI=1S/C23H24BrN3O3/c1-25-19(20(24)21(28)27(25)18-10-6-3-7-11-18)16-26-14-12-23(13-15-26,22(29)30)17-8-4-2-5-9-17/h2-11H,12-16H2,1H3,(H,29,30). The van der Waals surface area contributed by atoms with Gasteiger partial charge in [-0.1, -0.05) is 48.5 Å². The van der Waals surface area contributed by atoms with Crippen LogP contribution in [0.3, 0.4) is 0 Å². The van der Waals surface area contributed by atoms with Crippen molar-refractivity contribution in [2.24, 2.45) is 7.05 Å². The maximum atomic E-state index is 12.8. The molecule has 0 unspecified atom stereocenters. The van der Waals surface area contributed by atoms with Crippen molar-refractivity contribution in [3.63, 3.8) is 0 Å². The molecular formula is C23H24BrN3O3. The van der Waals surface area contributed by atoms with Gasteiger partial charge in [0.1, 0.15) is 4.47 Å². The van der Waals surface area contributed by atoms with Gasteiger partial charge in [-0.3, -0.25) is 19.2 Å². The highest BCUT2D eigenvalue weighted by Gasteiger charge is 2.43. The summed E-state index contributed by atoms with van der Waals surface area (Å²) >= 11 is 3.48. The molecule has 156 valence electrons. The lowest BCUT2D eigenvalue weighted by Crippen LogP contribution is -2.47. The van der Waals surface area contributed by atoms with Crippen LogP contribution >= 0.6 is 15.9 Å². The molecule has 0 bridgehead atoms. The van der Waals surface area contributed by atoms with Crippen molar-refractivity contribution < 1.29 is 9.90 Å². The Balaban J connectivity index is 1.56. The van der Waals surface area contributed by atoms with Crippen molar-refractivity contribution in [2.75, 3.05) is 13.1 Å². The van der Waals surface area contributed by atoms with E-state index in [0.717, 1.165) is 16.9 Å². The molecule has 2 heterocycles. The van der Waals surface area contributed by atoms with Gasteiger partial charge in [0, 0.05) is 13.6 Å². The quantitative estimate of drug-likeness (QED) is 0.620. The molecule has 1 aliphatic heterocycles. The Hall–Kier alpha value is -2.64. The Morgan fingerprint density at radius 1 is 1.03 bits per heavy atom. The van der Waals surface area contributed by atoms with Crippen molar-refractivity contribution in [3.05, 3.63) is 86.7 Å². The number of hydrogen-bond donors (Lipinski definition) is 1. The number of likely N-dealkylation sites (tertiary alicyclic amines) is 1. The van der Waals surface area contributed by atoms with E-state index in [2.05, 4.69) is 20.8 Å². The summed E-state index contributed by atoms with van der Waals surface area (Å²) in [6, 6.07) is 19.0. The van der Waals surface area contributed by atoms with Crippen LogP contribution in [0, 0.1) is 0 Å². The first-order chi connectivity index (χ1) is 14.4. The van der Waals surface area contributed by atoms with Gasteiger partial charge in [0.15, 0.2) is 0 Å². The highest BCUT2D eigenvalue weighted by atomic mass is 79.9. The maximum Gasteiger partial charge on any atom is 0.314 e. The lowest BCUT2D eigenvalue weighted by atomic mass is 9.73. The molecule has 0 spiro atoms. The summed E-state index contributed by atoms with van der Waals surface area (Å²) in [5, 5.41) is 10.00. The zero-order chi connectivity index (χ0) is 21.3. The Morgan fingerprint density at radius 2 is 1.60 bits per heavy atom. The topological polar surface area (TPSA) is 67.5 Å². The van der Waals surface area contributed by atoms with Gasteiger partial charge >= 0.3 is 5.97 Å². The van der Waals surface area contributed by atoms with Crippen molar-refractivity contribution in [3.8, 4) is 5.69 Å². The van der Waals surface area contributed by atoms with Gasteiger partial charge in [-0.05, 0) is 59.6 Å². The first-order valence-corrected chi connectivity index (χ1v) is 10.8. The molecule has 1 aromatic heterocycles. The Bertz CT molecular complexity index is 1100. The lowest BCUT2D eigenvalue weighted by molar-refractivity contribution is -0.146. The van der Waals surface area contributed by atoms with E-state index < -0.39 is 11.4 Å². The van der Waals surface area contributed by atoms with Crippen LogP contribution in [0.2, 0.25) is 0 Å². The molecule has 1 fully saturated rings. The molecule has 3 aromatic rings. The molecule has 0 aliphatic carbocycles. The number of benzene rings is 2. The second kappa shape index (κ2) is 8.24. The minimum Gasteiger partial charge on any atom is -0.481 e. The van der Waals surface area contributed by atoms with Gasteiger partial charge in [-0.15, -0.1) is 0 Å². The molecular weight excluding hydrogens is 446 g/mol. The average Bonchev–Trinajstić information content (AvgIpc) is 2.98. The number of piperidine rings is 1. The fourth-order valence-corrected chi connectivity index (χ4v) is 4.88. The minimum absolute atomic E-state index is 0.0973. The van der Waals surface area contributed by atoms with Gasteiger partial charge in [0.25, 0.3) is 5.56 Å². The predicted molar refractivity (Wildman–Crippen MR) is 119 cm³/mol. The van der Waals surface area contributed by atoms with E-state index in [1.165, 1.54) is 0 Å². The van der Waals surface area contributed by atoms with Gasteiger partial charge in [0.05, 0.1) is 16.8 Å². The number of rotatable bonds is 5. The van der Waals surface area contributed by atoms with Crippen molar-refractivity contribution in [1.82, 2.24) is 14.3 Å². The third-order valence-corrected chi connectivity index (χ3v) is 6.94. The summed E-state index contributed by atoms with van der Waals surface area (Å²) in [4.78, 5) is 27.2. The van der Waals surface area contributed by atoms with Crippen LogP contribution in [0.15, 0.2) is 69.9 Å². The number of carboxylic acids is 1. The molecule has 0 radical (unpaired) electrons. The Kier molecular flexibility index (Phi) is 5.66. The summed E-state index contributed by atoms with van der Waals surface area (Å²) in [6.07, 6.45) is 1.08. The molecule has 0 atom stereocenters. The molecule has 30 heavy (non-hydrogen) atoms. The molecule has 0 saturated carbocycles. The average molecular weight is 470 g/mol. The first-order valence-electron chi connectivity index (χ1n) is 9.97. The number of carbonyl (C=O) groups is 1. The summed E-state index contributed by atoms with van der Waals surface area (Å²) in [7, 11) is 1.88. The third-order valence-electron chi connectivity index (χ3n) is 6.14. The number of hydrogen-bond acceptors (Lipinski definition) is 3. The van der Waals surface area contributed by atoms with Crippen LogP contribution in [-0.2, 0) is 23.8 Å². The van der Waals surface area contributed by atoms with Crippen molar-refractivity contribution >= 4 is 21.9 Å². The van der Waals surface area contributed by atoms with E-state index in [1.807, 2.05) is 72.4 Å². The minimum atomic E-state index is -0.850. The molecule has 1 aliphatic rings. The second-order valence-corrected chi connectivity index (χ2v) is 8.56. The van der Waals surface area contributed by atoms with Crippen molar-refractivity contribution in [2.45, 2.75) is 24.8 Å². The number of carboxylic acid groups (broad SMARTS) is 1. The van der Waals surface area contributed by atoms with Crippen molar-refractivity contribution in [1.29, 1.82) is 0 Å². The van der Waals surface area contributed by atoms with Crippen LogP contribution in [0.25, 0.3) is 5.69 Å². The van der Waals surface area contributed by atoms with E-state index in [4.69, 9.17) is 0 Å². The van der Waals surface area contributed by atoms with Gasteiger partial charge in [0.2, 0.25) is 0 Å². The number of aromatic nitrogens is 2. The molecule has 2 aromatic carbocycles. The van der Waals surface area contributed by atoms with Crippen LogP contribution in [0.5, 0.6) is 0 Å². The summed E-state index contributed by atoms with van der Waals surface area (Å²) < 4.78 is 4.07. The van der Waals surface area contributed by atoms with E-state index in [-0.39, 0.29) is 5.56 Å². The number of aliphatic carboxylic acids is 1. The Labute approximate surface area is 183 Å². The van der Waals surface area contributed by atoms with E-state index in [1.54, 1.807) is 4.68 Å². The van der Waals surface area contributed by atoms with Crippen LogP contribution in [0.1, 0.15) is 24.1 Å². The summed E-state index contributed by atoms with van der Waals surface area (Å²) in [5.41, 5.74) is 1.61. The van der Waals surface area contributed by atoms with Crippen LogP contribution < -0.4 is 5.56 Å². The zero-order valence-electron chi connectivity index (χ0n) is 16.8. The lowest BCUT2D eigenvalue weighted by Gasteiger charge is -2.39. The molecule has 6 nitrogen and oxygen atoms in total. The zero-order valence-corrected chi connectivity index (χ0v) is 18.4. The summed E-state index contributed by atoms with van der Waals surface area (Å²) in [5.74, 6) is -0.767. The fourth-order valence-electron chi connectivity index (χ4n) is 4.33. The highest BCUT2D eigenvalue weighted by Crippen LogP contribution is 2.36. The van der Waals surface area contributed by atoms with Crippen LogP contribution in [-0.4, -0.2) is 38.4 Å². The van der Waals surface area contributed by atoms with Gasteiger partial charge in [-0.25, -0.2) is 4.68 Å². The van der Waals surface area contributed by atoms with Gasteiger partial charge in [-0.2, -0.15) is 0 Å². The predicted octanol–water partition coefficient (Wildman–Crippen LogP) is 3.56. The Morgan fingerprint density at radius 3 is 2.17 bits per heavy atom. The number of para-hydroxylation sites is 1. The second-order valence-electron chi connectivity index (χ2n) is 7.77. The first kappa shape index (κ1) is 20.6. The summed E-state index contributed by atoms with van der Waals surface area (Å²) in [6.45, 7) is 1.88. The third kappa shape index (κ3) is 3.52. The monoisotopic (exact) mass is 469 g/mol. The largest absolute Gasteiger partial charge is 0.481 e. The van der Waals surface area contributed by atoms with Gasteiger partial charge < -0.3 is 5.11 Å². The van der Waals surface area contributed by atoms with E-state index in [0.29, 0.717) is 36.9 Å². The molecule has 1 saturated heterocycles. The normalized spacial score (nSPS) is 16.5. The number of halogens is 1.